The van der Waals surface area contributed by atoms with Gasteiger partial charge in [-0.05, 0) is 48.7 Å². The maximum Gasteiger partial charge on any atom is 0.185 e. The van der Waals surface area contributed by atoms with Gasteiger partial charge in [-0.25, -0.2) is 4.39 Å². The lowest BCUT2D eigenvalue weighted by molar-refractivity contribution is 0.619. The third kappa shape index (κ3) is 3.63. The van der Waals surface area contributed by atoms with Gasteiger partial charge in [-0.3, -0.25) is 0 Å². The molecule has 1 atom stereocenters. The predicted molar refractivity (Wildman–Crippen MR) is 111 cm³/mol. The molecule has 1 fully saturated rings. The molecule has 0 radical (unpaired) electrons. The van der Waals surface area contributed by atoms with E-state index < -0.39 is 0 Å². The molecule has 2 aromatic heterocycles. The van der Waals surface area contributed by atoms with Crippen molar-refractivity contribution in [3.8, 4) is 11.4 Å². The number of benzene rings is 2. The third-order valence-electron chi connectivity index (χ3n) is 5.34. The van der Waals surface area contributed by atoms with Crippen molar-refractivity contribution < 1.29 is 4.39 Å². The zero-order valence-electron chi connectivity index (χ0n) is 15.9. The summed E-state index contributed by atoms with van der Waals surface area (Å²) < 4.78 is 14.9. The smallest absolute Gasteiger partial charge is 0.185 e. The summed E-state index contributed by atoms with van der Waals surface area (Å²) in [6, 6.07) is 20.5. The number of fused-ring (bicyclic) bond motifs is 1. The quantitative estimate of drug-likeness (QED) is 0.562. The minimum absolute atomic E-state index is 0.198. The van der Waals surface area contributed by atoms with Crippen LogP contribution in [0.5, 0.6) is 0 Å². The van der Waals surface area contributed by atoms with Gasteiger partial charge in [0.05, 0.1) is 0 Å². The number of halogens is 1. The van der Waals surface area contributed by atoms with Crippen molar-refractivity contribution in [2.45, 2.75) is 6.42 Å². The van der Waals surface area contributed by atoms with Gasteiger partial charge >= 0.3 is 0 Å². The van der Waals surface area contributed by atoms with Gasteiger partial charge in [-0.2, -0.15) is 4.52 Å². The van der Waals surface area contributed by atoms with Crippen LogP contribution in [0.15, 0.2) is 66.7 Å². The SMILES string of the molecule is Fc1ccc(N2CCC(CNc3ccc4nnc(-c5ccccc5)n4n3)C2)cc1. The van der Waals surface area contributed by atoms with Crippen LogP contribution in [0.1, 0.15) is 6.42 Å². The Labute approximate surface area is 168 Å². The second-order valence-corrected chi connectivity index (χ2v) is 7.34. The Bertz CT molecular complexity index is 1110. The lowest BCUT2D eigenvalue weighted by atomic mass is 10.1. The van der Waals surface area contributed by atoms with Gasteiger partial charge in [0.15, 0.2) is 11.5 Å². The molecule has 0 bridgehead atoms. The van der Waals surface area contributed by atoms with Gasteiger partial charge in [0.2, 0.25) is 0 Å². The summed E-state index contributed by atoms with van der Waals surface area (Å²) in [5, 5.41) is 16.6. The summed E-state index contributed by atoms with van der Waals surface area (Å²) >= 11 is 0. The molecule has 1 aliphatic heterocycles. The second kappa shape index (κ2) is 7.50. The lowest BCUT2D eigenvalue weighted by Gasteiger charge is -2.19. The van der Waals surface area contributed by atoms with Crippen LogP contribution in [0, 0.1) is 11.7 Å². The van der Waals surface area contributed by atoms with Crippen LogP contribution in [0.3, 0.4) is 0 Å². The summed E-state index contributed by atoms with van der Waals surface area (Å²) in [5.41, 5.74) is 2.78. The van der Waals surface area contributed by atoms with E-state index in [0.29, 0.717) is 5.92 Å². The van der Waals surface area contributed by atoms with Crippen LogP contribution in [-0.2, 0) is 0 Å². The van der Waals surface area contributed by atoms with Gasteiger partial charge in [0.1, 0.15) is 11.6 Å². The van der Waals surface area contributed by atoms with Crippen molar-refractivity contribution in [1.29, 1.82) is 0 Å². The second-order valence-electron chi connectivity index (χ2n) is 7.34. The first kappa shape index (κ1) is 17.6. The van der Waals surface area contributed by atoms with Gasteiger partial charge in [0.25, 0.3) is 0 Å². The highest BCUT2D eigenvalue weighted by Crippen LogP contribution is 2.24. The Morgan fingerprint density at radius 2 is 1.79 bits per heavy atom. The summed E-state index contributed by atoms with van der Waals surface area (Å²) in [5.74, 6) is 1.84. The number of aromatic nitrogens is 4. The van der Waals surface area contributed by atoms with Crippen molar-refractivity contribution in [3.05, 3.63) is 72.5 Å². The van der Waals surface area contributed by atoms with Crippen molar-refractivity contribution in [2.75, 3.05) is 29.9 Å². The van der Waals surface area contributed by atoms with E-state index in [1.165, 1.54) is 12.1 Å². The Kier molecular flexibility index (Phi) is 4.56. The van der Waals surface area contributed by atoms with E-state index in [-0.39, 0.29) is 5.82 Å². The fourth-order valence-corrected chi connectivity index (χ4v) is 3.78. The molecule has 0 spiro atoms. The highest BCUT2D eigenvalue weighted by atomic mass is 19.1. The third-order valence-corrected chi connectivity index (χ3v) is 5.34. The van der Waals surface area contributed by atoms with Crippen LogP contribution < -0.4 is 10.2 Å². The van der Waals surface area contributed by atoms with E-state index in [9.17, 15) is 4.39 Å². The maximum absolute atomic E-state index is 13.1. The largest absolute Gasteiger partial charge is 0.371 e. The van der Waals surface area contributed by atoms with E-state index >= 15 is 0 Å². The van der Waals surface area contributed by atoms with E-state index in [1.54, 1.807) is 4.52 Å². The molecular weight excluding hydrogens is 367 g/mol. The average molecular weight is 388 g/mol. The molecule has 29 heavy (non-hydrogen) atoms. The van der Waals surface area contributed by atoms with Crippen LogP contribution >= 0.6 is 0 Å². The van der Waals surface area contributed by atoms with Crippen LogP contribution in [0.4, 0.5) is 15.9 Å². The molecule has 0 saturated carbocycles. The van der Waals surface area contributed by atoms with Gasteiger partial charge < -0.3 is 10.2 Å². The predicted octanol–water partition coefficient (Wildman–Crippen LogP) is 3.87. The Morgan fingerprint density at radius 3 is 2.62 bits per heavy atom. The zero-order chi connectivity index (χ0) is 19.6. The molecule has 3 heterocycles. The first-order chi connectivity index (χ1) is 14.3. The van der Waals surface area contributed by atoms with E-state index in [2.05, 4.69) is 25.5 Å². The molecule has 1 saturated heterocycles. The van der Waals surface area contributed by atoms with Gasteiger partial charge in [-0.1, -0.05) is 30.3 Å². The number of rotatable bonds is 5. The minimum atomic E-state index is -0.198. The number of anilines is 2. The number of nitrogens with zero attached hydrogens (tertiary/aromatic N) is 5. The Morgan fingerprint density at radius 1 is 0.966 bits per heavy atom. The van der Waals surface area contributed by atoms with Crippen molar-refractivity contribution in [3.63, 3.8) is 0 Å². The summed E-state index contributed by atoms with van der Waals surface area (Å²) in [6.07, 6.45) is 1.09. The van der Waals surface area contributed by atoms with E-state index in [4.69, 9.17) is 0 Å². The first-order valence-electron chi connectivity index (χ1n) is 9.78. The number of hydrogen-bond donors (Lipinski definition) is 1. The standard InChI is InChI=1S/C22H21FN6/c23-18-6-8-19(9-7-18)28-13-12-16(15-28)14-24-20-10-11-21-25-26-22(29(21)27-20)17-4-2-1-3-5-17/h1-11,16H,12-15H2,(H,24,27). The highest BCUT2D eigenvalue weighted by molar-refractivity contribution is 5.59. The molecule has 7 heteroatoms. The zero-order valence-corrected chi connectivity index (χ0v) is 15.9. The van der Waals surface area contributed by atoms with Gasteiger partial charge in [-0.15, -0.1) is 15.3 Å². The van der Waals surface area contributed by atoms with Crippen LogP contribution in [0.2, 0.25) is 0 Å². The Hall–Kier alpha value is -3.48. The normalized spacial score (nSPS) is 16.4. The maximum atomic E-state index is 13.1. The minimum Gasteiger partial charge on any atom is -0.371 e. The topological polar surface area (TPSA) is 58.3 Å². The van der Waals surface area contributed by atoms with E-state index in [0.717, 1.165) is 54.6 Å². The molecule has 4 aromatic rings. The monoisotopic (exact) mass is 388 g/mol. The van der Waals surface area contributed by atoms with Crippen molar-refractivity contribution in [1.82, 2.24) is 19.8 Å². The average Bonchev–Trinajstić information content (AvgIpc) is 3.40. The molecule has 146 valence electrons. The highest BCUT2D eigenvalue weighted by Gasteiger charge is 2.22. The molecule has 0 aliphatic carbocycles. The van der Waals surface area contributed by atoms with Gasteiger partial charge in [0, 0.05) is 30.9 Å². The Balaban J connectivity index is 1.27. The number of hydrogen-bond acceptors (Lipinski definition) is 5. The summed E-state index contributed by atoms with van der Waals surface area (Å²) in [4.78, 5) is 2.30. The molecule has 1 N–H and O–H groups in total. The van der Waals surface area contributed by atoms with Crippen LogP contribution in [0.25, 0.3) is 17.0 Å². The molecule has 0 amide bonds. The molecule has 2 aromatic carbocycles. The number of nitrogens with one attached hydrogen (secondary N) is 1. The fraction of sp³-hybridized carbons (Fsp3) is 0.227. The molecule has 6 nitrogen and oxygen atoms in total. The molecular formula is C22H21FN6. The van der Waals surface area contributed by atoms with E-state index in [1.807, 2.05) is 54.6 Å². The van der Waals surface area contributed by atoms with Crippen LogP contribution in [-0.4, -0.2) is 39.4 Å². The molecule has 1 unspecified atom stereocenters. The van der Waals surface area contributed by atoms with Crippen molar-refractivity contribution in [2.24, 2.45) is 5.92 Å². The summed E-state index contributed by atoms with van der Waals surface area (Å²) in [7, 11) is 0. The van der Waals surface area contributed by atoms with Crippen molar-refractivity contribution >= 4 is 17.2 Å². The summed E-state index contributed by atoms with van der Waals surface area (Å²) in [6.45, 7) is 2.76. The lowest BCUT2D eigenvalue weighted by Crippen LogP contribution is -2.22. The molecule has 1 aliphatic rings. The first-order valence-corrected chi connectivity index (χ1v) is 9.78. The fourth-order valence-electron chi connectivity index (χ4n) is 3.78. The molecule has 5 rings (SSSR count).